The quantitative estimate of drug-likeness (QED) is 0.601. The molecule has 4 heteroatoms. The molecule has 0 aromatic rings. The SMILES string of the molecule is CC(C)CC(C)(O)CNC(=O)CCC(C)(C)CCN. The first-order valence-electron chi connectivity index (χ1n) is 7.27. The molecular weight excluding hydrogens is 240 g/mol. The Balaban J connectivity index is 3.99. The highest BCUT2D eigenvalue weighted by molar-refractivity contribution is 5.75. The number of carbonyl (C=O) groups is 1. The van der Waals surface area contributed by atoms with Crippen molar-refractivity contribution in [3.63, 3.8) is 0 Å². The van der Waals surface area contributed by atoms with Gasteiger partial charge in [0.25, 0.3) is 0 Å². The van der Waals surface area contributed by atoms with E-state index >= 15 is 0 Å². The monoisotopic (exact) mass is 272 g/mol. The van der Waals surface area contributed by atoms with Crippen LogP contribution in [0, 0.1) is 11.3 Å². The van der Waals surface area contributed by atoms with Crippen molar-refractivity contribution in [1.82, 2.24) is 5.32 Å². The maximum absolute atomic E-state index is 11.8. The summed E-state index contributed by atoms with van der Waals surface area (Å²) < 4.78 is 0. The van der Waals surface area contributed by atoms with E-state index in [9.17, 15) is 9.90 Å². The molecule has 4 N–H and O–H groups in total. The first kappa shape index (κ1) is 18.4. The standard InChI is InChI=1S/C15H32N2O2/c1-12(2)10-15(5,19)11-17-13(18)6-7-14(3,4)8-9-16/h12,19H,6-11,16H2,1-5H3,(H,17,18). The van der Waals surface area contributed by atoms with Crippen molar-refractivity contribution >= 4 is 5.91 Å². The summed E-state index contributed by atoms with van der Waals surface area (Å²) in [4.78, 5) is 11.8. The maximum Gasteiger partial charge on any atom is 0.220 e. The first-order valence-corrected chi connectivity index (χ1v) is 7.27. The van der Waals surface area contributed by atoms with E-state index in [2.05, 4.69) is 33.0 Å². The molecule has 1 atom stereocenters. The zero-order valence-electron chi connectivity index (χ0n) is 13.3. The van der Waals surface area contributed by atoms with Gasteiger partial charge in [-0.2, -0.15) is 0 Å². The lowest BCUT2D eigenvalue weighted by molar-refractivity contribution is -0.123. The Hall–Kier alpha value is -0.610. The van der Waals surface area contributed by atoms with Crippen molar-refractivity contribution < 1.29 is 9.90 Å². The number of rotatable bonds is 9. The summed E-state index contributed by atoms with van der Waals surface area (Å²) in [6.07, 6.45) is 2.92. The number of amides is 1. The molecule has 1 unspecified atom stereocenters. The van der Waals surface area contributed by atoms with Crippen molar-refractivity contribution in [2.45, 2.75) is 65.9 Å². The highest BCUT2D eigenvalue weighted by atomic mass is 16.3. The highest BCUT2D eigenvalue weighted by Gasteiger charge is 2.23. The minimum Gasteiger partial charge on any atom is -0.388 e. The fourth-order valence-electron chi connectivity index (χ4n) is 2.30. The van der Waals surface area contributed by atoms with Gasteiger partial charge in [-0.05, 0) is 44.1 Å². The molecule has 0 heterocycles. The molecule has 4 nitrogen and oxygen atoms in total. The van der Waals surface area contributed by atoms with Crippen LogP contribution in [0.15, 0.2) is 0 Å². The van der Waals surface area contributed by atoms with E-state index in [4.69, 9.17) is 5.73 Å². The number of hydrogen-bond donors (Lipinski definition) is 3. The number of hydrogen-bond acceptors (Lipinski definition) is 3. The molecule has 19 heavy (non-hydrogen) atoms. The van der Waals surface area contributed by atoms with Gasteiger partial charge in [0.05, 0.1) is 5.60 Å². The second-order valence-electron chi connectivity index (χ2n) is 7.07. The zero-order valence-corrected chi connectivity index (χ0v) is 13.3. The van der Waals surface area contributed by atoms with Crippen molar-refractivity contribution in [2.75, 3.05) is 13.1 Å². The number of aliphatic hydroxyl groups is 1. The van der Waals surface area contributed by atoms with Gasteiger partial charge in [0.2, 0.25) is 5.91 Å². The zero-order chi connectivity index (χ0) is 15.1. The summed E-state index contributed by atoms with van der Waals surface area (Å²) in [6, 6.07) is 0. The summed E-state index contributed by atoms with van der Waals surface area (Å²) in [5, 5.41) is 12.9. The normalized spacial score (nSPS) is 15.4. The third-order valence-electron chi connectivity index (χ3n) is 3.36. The van der Waals surface area contributed by atoms with E-state index in [0.29, 0.717) is 31.8 Å². The summed E-state index contributed by atoms with van der Waals surface area (Å²) in [7, 11) is 0. The van der Waals surface area contributed by atoms with E-state index in [1.54, 1.807) is 6.92 Å². The van der Waals surface area contributed by atoms with Crippen LogP contribution in [0.5, 0.6) is 0 Å². The van der Waals surface area contributed by atoms with E-state index in [-0.39, 0.29) is 11.3 Å². The van der Waals surface area contributed by atoms with Gasteiger partial charge in [-0.25, -0.2) is 0 Å². The molecule has 0 bridgehead atoms. The molecule has 0 fully saturated rings. The van der Waals surface area contributed by atoms with Gasteiger partial charge < -0.3 is 16.2 Å². The van der Waals surface area contributed by atoms with Crippen molar-refractivity contribution in [2.24, 2.45) is 17.1 Å². The van der Waals surface area contributed by atoms with Crippen molar-refractivity contribution in [3.05, 3.63) is 0 Å². The van der Waals surface area contributed by atoms with Crippen LogP contribution >= 0.6 is 0 Å². The lowest BCUT2D eigenvalue weighted by Gasteiger charge is -2.26. The summed E-state index contributed by atoms with van der Waals surface area (Å²) in [5.41, 5.74) is 4.83. The van der Waals surface area contributed by atoms with Gasteiger partial charge in [-0.15, -0.1) is 0 Å². The van der Waals surface area contributed by atoms with Gasteiger partial charge in [-0.1, -0.05) is 27.7 Å². The molecular formula is C15H32N2O2. The van der Waals surface area contributed by atoms with E-state index in [1.165, 1.54) is 0 Å². The Kier molecular flexibility index (Phi) is 7.60. The Bertz CT molecular complexity index is 273. The lowest BCUT2D eigenvalue weighted by Crippen LogP contribution is -2.41. The first-order chi connectivity index (χ1) is 8.58. The smallest absolute Gasteiger partial charge is 0.220 e. The van der Waals surface area contributed by atoms with Crippen LogP contribution in [0.4, 0.5) is 0 Å². The van der Waals surface area contributed by atoms with Crippen LogP contribution in [0.3, 0.4) is 0 Å². The third kappa shape index (κ3) is 9.91. The Morgan fingerprint density at radius 1 is 1.26 bits per heavy atom. The van der Waals surface area contributed by atoms with Gasteiger partial charge in [0, 0.05) is 13.0 Å². The van der Waals surface area contributed by atoms with Crippen LogP contribution in [-0.4, -0.2) is 29.7 Å². The second-order valence-corrected chi connectivity index (χ2v) is 7.07. The van der Waals surface area contributed by atoms with Crippen LogP contribution in [0.1, 0.15) is 60.3 Å². The third-order valence-corrected chi connectivity index (χ3v) is 3.36. The molecule has 0 radical (unpaired) electrons. The summed E-state index contributed by atoms with van der Waals surface area (Å²) in [6.45, 7) is 11.1. The molecule has 0 aromatic carbocycles. The molecule has 0 aliphatic carbocycles. The predicted molar refractivity (Wildman–Crippen MR) is 79.8 cm³/mol. The molecule has 0 rings (SSSR count). The molecule has 114 valence electrons. The van der Waals surface area contributed by atoms with E-state index in [1.807, 2.05) is 0 Å². The number of nitrogens with one attached hydrogen (secondary N) is 1. The molecule has 1 amide bonds. The van der Waals surface area contributed by atoms with Gasteiger partial charge in [0.15, 0.2) is 0 Å². The van der Waals surface area contributed by atoms with E-state index in [0.717, 1.165) is 12.8 Å². The fraction of sp³-hybridized carbons (Fsp3) is 0.933. The van der Waals surface area contributed by atoms with Gasteiger partial charge in [-0.3, -0.25) is 4.79 Å². The molecule has 0 aromatic heterocycles. The average Bonchev–Trinajstić information content (AvgIpc) is 2.22. The van der Waals surface area contributed by atoms with Crippen molar-refractivity contribution in [1.29, 1.82) is 0 Å². The Labute approximate surface area is 118 Å². The van der Waals surface area contributed by atoms with E-state index < -0.39 is 5.60 Å². The fourth-order valence-corrected chi connectivity index (χ4v) is 2.30. The number of nitrogens with two attached hydrogens (primary N) is 1. The minimum atomic E-state index is -0.823. The van der Waals surface area contributed by atoms with Gasteiger partial charge >= 0.3 is 0 Å². The van der Waals surface area contributed by atoms with Crippen LogP contribution < -0.4 is 11.1 Å². The topological polar surface area (TPSA) is 75.3 Å². The highest BCUT2D eigenvalue weighted by Crippen LogP contribution is 2.25. The predicted octanol–water partition coefficient (Wildman–Crippen LogP) is 2.05. The Morgan fingerprint density at radius 3 is 2.32 bits per heavy atom. The van der Waals surface area contributed by atoms with Gasteiger partial charge in [0.1, 0.15) is 0 Å². The minimum absolute atomic E-state index is 0.00845. The molecule has 0 saturated carbocycles. The van der Waals surface area contributed by atoms with Crippen LogP contribution in [0.2, 0.25) is 0 Å². The second kappa shape index (κ2) is 7.85. The molecule has 0 aliphatic heterocycles. The Morgan fingerprint density at radius 2 is 1.84 bits per heavy atom. The molecule has 0 spiro atoms. The largest absolute Gasteiger partial charge is 0.388 e. The summed E-state index contributed by atoms with van der Waals surface area (Å²) in [5.74, 6) is 0.421. The lowest BCUT2D eigenvalue weighted by atomic mass is 9.84. The maximum atomic E-state index is 11.8. The summed E-state index contributed by atoms with van der Waals surface area (Å²) >= 11 is 0. The van der Waals surface area contributed by atoms with Crippen molar-refractivity contribution in [3.8, 4) is 0 Å². The van der Waals surface area contributed by atoms with Crippen LogP contribution in [0.25, 0.3) is 0 Å². The van der Waals surface area contributed by atoms with Crippen LogP contribution in [-0.2, 0) is 4.79 Å². The molecule has 0 aliphatic rings. The average molecular weight is 272 g/mol. The number of carbonyl (C=O) groups excluding carboxylic acids is 1. The molecule has 0 saturated heterocycles.